The van der Waals surface area contributed by atoms with Crippen LogP contribution in [0.25, 0.3) is 11.1 Å². The maximum Gasteiger partial charge on any atom is 0.321 e. The summed E-state index contributed by atoms with van der Waals surface area (Å²) in [5.74, 6) is -7.03. The summed E-state index contributed by atoms with van der Waals surface area (Å²) in [4.78, 5) is 23.2. The number of halogens is 3. The molecular formula is C23H16F3NO5S. The molecule has 6 nitrogen and oxygen atoms in total. The van der Waals surface area contributed by atoms with Crippen LogP contribution in [0.3, 0.4) is 0 Å². The minimum Gasteiger partial charge on any atom is -0.456 e. The summed E-state index contributed by atoms with van der Waals surface area (Å²) < 4.78 is 70.7. The lowest BCUT2D eigenvalue weighted by molar-refractivity contribution is -0.141. The van der Waals surface area contributed by atoms with Gasteiger partial charge in [-0.2, -0.15) is 4.72 Å². The average Bonchev–Trinajstić information content (AvgIpc) is 3.17. The van der Waals surface area contributed by atoms with Gasteiger partial charge in [0, 0.05) is 5.56 Å². The van der Waals surface area contributed by atoms with Gasteiger partial charge in [-0.05, 0) is 46.9 Å². The van der Waals surface area contributed by atoms with E-state index < -0.39 is 57.3 Å². The van der Waals surface area contributed by atoms with Crippen LogP contribution in [0.2, 0.25) is 0 Å². The van der Waals surface area contributed by atoms with Gasteiger partial charge in [0.1, 0.15) is 11.4 Å². The zero-order valence-corrected chi connectivity index (χ0v) is 17.7. The molecule has 0 saturated heterocycles. The summed E-state index contributed by atoms with van der Waals surface area (Å²) in [5.41, 5.74) is 4.49. The van der Waals surface area contributed by atoms with Crippen molar-refractivity contribution < 1.29 is 35.9 Å². The van der Waals surface area contributed by atoms with Crippen molar-refractivity contribution in [1.82, 2.24) is 4.72 Å². The molecule has 0 radical (unpaired) electrons. The molecule has 1 aliphatic carbocycles. The second kappa shape index (κ2) is 8.80. The van der Waals surface area contributed by atoms with Crippen LogP contribution in [0, 0.1) is 17.5 Å². The standard InChI is InChI=1S/C23H16F3NO5S/c24-18-7-8-20(23(26)22(18)25)33(30,31)27-11-21(29)32-12-19(28)15-6-5-14-9-13-3-1-2-4-16(13)17(14)10-15/h1-8,10,27H,9,11-12H2. The summed E-state index contributed by atoms with van der Waals surface area (Å²) in [6, 6.07) is 13.9. The van der Waals surface area contributed by atoms with Gasteiger partial charge in [-0.25, -0.2) is 21.6 Å². The van der Waals surface area contributed by atoms with Crippen molar-refractivity contribution in [2.45, 2.75) is 11.3 Å². The van der Waals surface area contributed by atoms with E-state index in [-0.39, 0.29) is 0 Å². The number of ether oxygens (including phenoxy) is 1. The van der Waals surface area contributed by atoms with Crippen LogP contribution in [0.15, 0.2) is 59.5 Å². The molecule has 1 N–H and O–H groups in total. The van der Waals surface area contributed by atoms with E-state index in [1.165, 1.54) is 0 Å². The Balaban J connectivity index is 1.36. The second-order valence-corrected chi connectivity index (χ2v) is 9.02. The summed E-state index contributed by atoms with van der Waals surface area (Å²) in [7, 11) is -4.67. The molecule has 0 saturated carbocycles. The monoisotopic (exact) mass is 475 g/mol. The number of Topliss-reactive ketones (excluding diaryl/α,β-unsaturated/α-hetero) is 1. The Morgan fingerprint density at radius 1 is 0.909 bits per heavy atom. The third-order valence-electron chi connectivity index (χ3n) is 5.18. The first kappa shape index (κ1) is 22.7. The highest BCUT2D eigenvalue weighted by molar-refractivity contribution is 7.89. The minimum atomic E-state index is -4.67. The Morgan fingerprint density at radius 3 is 2.42 bits per heavy atom. The molecule has 1 aliphatic rings. The molecule has 0 aromatic heterocycles. The maximum absolute atomic E-state index is 13.7. The Hall–Kier alpha value is -3.50. The number of rotatable bonds is 7. The maximum atomic E-state index is 13.7. The summed E-state index contributed by atoms with van der Waals surface area (Å²) >= 11 is 0. The van der Waals surface area contributed by atoms with E-state index in [9.17, 15) is 31.2 Å². The van der Waals surface area contributed by atoms with Crippen molar-refractivity contribution in [2.24, 2.45) is 0 Å². The third-order valence-corrected chi connectivity index (χ3v) is 6.60. The molecule has 3 aromatic carbocycles. The zero-order valence-electron chi connectivity index (χ0n) is 16.9. The van der Waals surface area contributed by atoms with Crippen molar-refractivity contribution in [3.63, 3.8) is 0 Å². The quantitative estimate of drug-likeness (QED) is 0.252. The highest BCUT2D eigenvalue weighted by atomic mass is 32.2. The number of benzene rings is 3. The molecule has 0 unspecified atom stereocenters. The molecule has 10 heteroatoms. The van der Waals surface area contributed by atoms with Crippen LogP contribution < -0.4 is 4.72 Å². The first-order valence-corrected chi connectivity index (χ1v) is 11.2. The van der Waals surface area contributed by atoms with Gasteiger partial charge in [0.15, 0.2) is 29.8 Å². The number of fused-ring (bicyclic) bond motifs is 3. The van der Waals surface area contributed by atoms with Crippen LogP contribution in [0.5, 0.6) is 0 Å². The first-order valence-electron chi connectivity index (χ1n) is 9.70. The van der Waals surface area contributed by atoms with Crippen molar-refractivity contribution in [3.8, 4) is 11.1 Å². The second-order valence-electron chi connectivity index (χ2n) is 7.29. The van der Waals surface area contributed by atoms with Gasteiger partial charge in [-0.15, -0.1) is 0 Å². The van der Waals surface area contributed by atoms with Crippen LogP contribution in [0.4, 0.5) is 13.2 Å². The van der Waals surface area contributed by atoms with E-state index in [2.05, 4.69) is 0 Å². The van der Waals surface area contributed by atoms with E-state index in [0.717, 1.165) is 28.7 Å². The van der Waals surface area contributed by atoms with Crippen molar-refractivity contribution in [2.75, 3.05) is 13.2 Å². The molecule has 0 amide bonds. The van der Waals surface area contributed by atoms with Gasteiger partial charge in [0.05, 0.1) is 0 Å². The Morgan fingerprint density at radius 2 is 1.64 bits per heavy atom. The fourth-order valence-corrected chi connectivity index (χ4v) is 4.56. The lowest BCUT2D eigenvalue weighted by Crippen LogP contribution is -2.32. The van der Waals surface area contributed by atoms with E-state index in [0.29, 0.717) is 17.7 Å². The molecule has 170 valence electrons. The van der Waals surface area contributed by atoms with Crippen LogP contribution >= 0.6 is 0 Å². The summed E-state index contributed by atoms with van der Waals surface area (Å²) in [6.45, 7) is -1.58. The largest absolute Gasteiger partial charge is 0.456 e. The number of esters is 1. The zero-order chi connectivity index (χ0) is 23.8. The van der Waals surface area contributed by atoms with Gasteiger partial charge in [0.2, 0.25) is 10.0 Å². The number of hydrogen-bond acceptors (Lipinski definition) is 5. The number of carbonyl (C=O) groups is 2. The molecule has 33 heavy (non-hydrogen) atoms. The van der Waals surface area contributed by atoms with E-state index in [4.69, 9.17) is 4.74 Å². The highest BCUT2D eigenvalue weighted by Crippen LogP contribution is 2.36. The highest BCUT2D eigenvalue weighted by Gasteiger charge is 2.25. The topological polar surface area (TPSA) is 89.5 Å². The Bertz CT molecular complexity index is 1390. The molecule has 0 heterocycles. The molecule has 0 bridgehead atoms. The molecule has 4 rings (SSSR count). The van der Waals surface area contributed by atoms with Gasteiger partial charge >= 0.3 is 5.97 Å². The Labute approximate surface area is 187 Å². The van der Waals surface area contributed by atoms with Crippen LogP contribution in [-0.4, -0.2) is 33.3 Å². The van der Waals surface area contributed by atoms with E-state index in [1.807, 2.05) is 30.3 Å². The molecule has 0 aliphatic heterocycles. The number of nitrogens with one attached hydrogen (secondary N) is 1. The van der Waals surface area contributed by atoms with Crippen molar-refractivity contribution in [3.05, 3.63) is 88.7 Å². The van der Waals surface area contributed by atoms with Crippen LogP contribution in [-0.2, 0) is 26.0 Å². The van der Waals surface area contributed by atoms with E-state index in [1.54, 1.807) is 16.9 Å². The SMILES string of the molecule is O=C(CNS(=O)(=O)c1ccc(F)c(F)c1F)OCC(=O)c1ccc2c(c1)-c1ccccc1C2. The van der Waals surface area contributed by atoms with Gasteiger partial charge in [-0.3, -0.25) is 9.59 Å². The third kappa shape index (κ3) is 4.53. The summed E-state index contributed by atoms with van der Waals surface area (Å²) in [6.07, 6.45) is 0.758. The predicted molar refractivity (Wildman–Crippen MR) is 111 cm³/mol. The fourth-order valence-electron chi connectivity index (χ4n) is 3.52. The summed E-state index contributed by atoms with van der Waals surface area (Å²) in [5, 5.41) is 0. The molecular weight excluding hydrogens is 459 g/mol. The molecule has 0 fully saturated rings. The van der Waals surface area contributed by atoms with Gasteiger partial charge < -0.3 is 4.74 Å². The number of hydrogen-bond donors (Lipinski definition) is 1. The molecule has 0 spiro atoms. The van der Waals surface area contributed by atoms with Gasteiger partial charge in [0.25, 0.3) is 0 Å². The Kier molecular flexibility index (Phi) is 6.05. The lowest BCUT2D eigenvalue weighted by atomic mass is 10.0. The van der Waals surface area contributed by atoms with Crippen molar-refractivity contribution in [1.29, 1.82) is 0 Å². The average molecular weight is 475 g/mol. The minimum absolute atomic E-state index is 0.322. The van der Waals surface area contributed by atoms with Crippen LogP contribution in [0.1, 0.15) is 21.5 Å². The van der Waals surface area contributed by atoms with Crippen molar-refractivity contribution >= 4 is 21.8 Å². The fraction of sp³-hybridized carbons (Fsp3) is 0.130. The number of carbonyl (C=O) groups excluding carboxylic acids is 2. The normalized spacial score (nSPS) is 12.2. The predicted octanol–water partition coefficient (Wildman–Crippen LogP) is 3.38. The molecule has 0 atom stereocenters. The van der Waals surface area contributed by atoms with E-state index >= 15 is 0 Å². The molecule has 3 aromatic rings. The lowest BCUT2D eigenvalue weighted by Gasteiger charge is -2.09. The number of sulfonamides is 1. The smallest absolute Gasteiger partial charge is 0.321 e. The first-order chi connectivity index (χ1) is 15.7. The number of ketones is 1. The van der Waals surface area contributed by atoms with Gasteiger partial charge in [-0.1, -0.05) is 36.4 Å².